The molecule has 2 aliphatic rings. The summed E-state index contributed by atoms with van der Waals surface area (Å²) in [6, 6.07) is 6.77. The van der Waals surface area contributed by atoms with E-state index in [4.69, 9.17) is 0 Å². The van der Waals surface area contributed by atoms with E-state index >= 15 is 0 Å². The molecular weight excluding hydrogens is 281 g/mol. The van der Waals surface area contributed by atoms with Gasteiger partial charge in [-0.3, -0.25) is 4.90 Å². The Hall–Kier alpha value is -1.43. The molecule has 0 saturated carbocycles. The summed E-state index contributed by atoms with van der Waals surface area (Å²) in [5.74, 6) is -0.164. The highest BCUT2D eigenvalue weighted by Gasteiger charge is 2.31. The first-order chi connectivity index (χ1) is 10.0. The molecule has 1 aromatic rings. The van der Waals surface area contributed by atoms with Crippen molar-refractivity contribution in [1.82, 2.24) is 4.90 Å². The minimum atomic E-state index is -4.63. The molecule has 2 heterocycles. The van der Waals surface area contributed by atoms with Crippen LogP contribution in [0, 0.1) is 0 Å². The molecule has 116 valence electrons. The smallest absolute Gasteiger partial charge is 0.406 e. The molecule has 6 heteroatoms. The number of rotatable bonds is 2. The van der Waals surface area contributed by atoms with E-state index in [0.717, 1.165) is 25.3 Å². The lowest BCUT2D eigenvalue weighted by atomic mass is 9.99. The fourth-order valence-corrected chi connectivity index (χ4v) is 3.25. The van der Waals surface area contributed by atoms with Crippen LogP contribution in [0.2, 0.25) is 0 Å². The molecule has 1 aromatic carbocycles. The number of anilines is 1. The third-order valence-electron chi connectivity index (χ3n) is 4.27. The summed E-state index contributed by atoms with van der Waals surface area (Å²) in [6.45, 7) is 4.10. The van der Waals surface area contributed by atoms with E-state index in [1.165, 1.54) is 37.9 Å². The van der Waals surface area contributed by atoms with Gasteiger partial charge in [-0.2, -0.15) is 0 Å². The van der Waals surface area contributed by atoms with Gasteiger partial charge >= 0.3 is 6.36 Å². The molecule has 3 rings (SSSR count). The number of ether oxygens (including phenoxy) is 1. The van der Waals surface area contributed by atoms with Gasteiger partial charge in [-0.15, -0.1) is 13.2 Å². The molecule has 0 aromatic heterocycles. The van der Waals surface area contributed by atoms with Crippen LogP contribution in [-0.2, 0) is 0 Å². The minimum absolute atomic E-state index is 0.164. The summed E-state index contributed by atoms with van der Waals surface area (Å²) in [7, 11) is 0. The fraction of sp³-hybridized carbons (Fsp3) is 0.600. The SMILES string of the molecule is FC(F)(F)Oc1ccc(N2CCN3CCCCC3C2)cc1. The van der Waals surface area contributed by atoms with Gasteiger partial charge in [-0.25, -0.2) is 0 Å². The summed E-state index contributed by atoms with van der Waals surface area (Å²) in [5.41, 5.74) is 0.967. The Morgan fingerprint density at radius 1 is 1.00 bits per heavy atom. The molecule has 2 aliphatic heterocycles. The molecule has 2 fully saturated rings. The molecule has 2 saturated heterocycles. The Labute approximate surface area is 122 Å². The number of alkyl halides is 3. The lowest BCUT2D eigenvalue weighted by molar-refractivity contribution is -0.274. The van der Waals surface area contributed by atoms with Gasteiger partial charge in [0.15, 0.2) is 0 Å². The van der Waals surface area contributed by atoms with Crippen molar-refractivity contribution in [3.63, 3.8) is 0 Å². The van der Waals surface area contributed by atoms with Gasteiger partial charge < -0.3 is 9.64 Å². The molecule has 3 nitrogen and oxygen atoms in total. The van der Waals surface area contributed by atoms with Crippen LogP contribution in [0.5, 0.6) is 5.75 Å². The third-order valence-corrected chi connectivity index (χ3v) is 4.27. The van der Waals surface area contributed by atoms with Gasteiger partial charge in [0.05, 0.1) is 0 Å². The van der Waals surface area contributed by atoms with Crippen LogP contribution in [-0.4, -0.2) is 43.5 Å². The number of fused-ring (bicyclic) bond motifs is 1. The van der Waals surface area contributed by atoms with E-state index in [1.54, 1.807) is 12.1 Å². The Balaban J connectivity index is 1.64. The van der Waals surface area contributed by atoms with Crippen molar-refractivity contribution in [3.05, 3.63) is 24.3 Å². The van der Waals surface area contributed by atoms with Crippen LogP contribution in [0.15, 0.2) is 24.3 Å². The summed E-state index contributed by atoms with van der Waals surface area (Å²) in [5, 5.41) is 0. The van der Waals surface area contributed by atoms with Gasteiger partial charge in [0.2, 0.25) is 0 Å². The third kappa shape index (κ3) is 3.61. The average molecular weight is 300 g/mol. The van der Waals surface area contributed by atoms with E-state index in [2.05, 4.69) is 14.5 Å². The van der Waals surface area contributed by atoms with E-state index < -0.39 is 6.36 Å². The second-order valence-corrected chi connectivity index (χ2v) is 5.67. The number of hydrogen-bond donors (Lipinski definition) is 0. The molecular formula is C15H19F3N2O. The fourth-order valence-electron chi connectivity index (χ4n) is 3.25. The maximum Gasteiger partial charge on any atom is 0.573 e. The van der Waals surface area contributed by atoms with Crippen molar-refractivity contribution >= 4 is 5.69 Å². The minimum Gasteiger partial charge on any atom is -0.406 e. The zero-order valence-corrected chi connectivity index (χ0v) is 11.8. The zero-order chi connectivity index (χ0) is 14.9. The van der Waals surface area contributed by atoms with Crippen LogP contribution < -0.4 is 9.64 Å². The van der Waals surface area contributed by atoms with Crippen LogP contribution in [0.1, 0.15) is 19.3 Å². The number of nitrogens with zero attached hydrogens (tertiary/aromatic N) is 2. The normalized spacial score (nSPS) is 23.8. The number of benzene rings is 1. The lowest BCUT2D eigenvalue weighted by Gasteiger charge is -2.44. The van der Waals surface area contributed by atoms with Gasteiger partial charge in [0, 0.05) is 31.4 Å². The van der Waals surface area contributed by atoms with Crippen LogP contribution in [0.3, 0.4) is 0 Å². The molecule has 0 spiro atoms. The van der Waals surface area contributed by atoms with Crippen molar-refractivity contribution in [2.24, 2.45) is 0 Å². The van der Waals surface area contributed by atoms with E-state index in [-0.39, 0.29) is 5.75 Å². The first-order valence-corrected chi connectivity index (χ1v) is 7.36. The largest absolute Gasteiger partial charge is 0.573 e. The lowest BCUT2D eigenvalue weighted by Crippen LogP contribution is -2.54. The van der Waals surface area contributed by atoms with Gasteiger partial charge in [0.25, 0.3) is 0 Å². The molecule has 0 bridgehead atoms. The summed E-state index contributed by atoms with van der Waals surface area (Å²) in [4.78, 5) is 4.78. The molecule has 0 N–H and O–H groups in total. The topological polar surface area (TPSA) is 15.7 Å². The molecule has 1 unspecified atom stereocenters. The first kappa shape index (κ1) is 14.5. The Morgan fingerprint density at radius 2 is 1.76 bits per heavy atom. The number of halogens is 3. The number of piperazine rings is 1. The second-order valence-electron chi connectivity index (χ2n) is 5.67. The van der Waals surface area contributed by atoms with Crippen molar-refractivity contribution < 1.29 is 17.9 Å². The van der Waals surface area contributed by atoms with Gasteiger partial charge in [-0.1, -0.05) is 6.42 Å². The highest BCUT2D eigenvalue weighted by Crippen LogP contribution is 2.28. The van der Waals surface area contributed by atoms with E-state index in [0.29, 0.717) is 6.04 Å². The molecule has 0 aliphatic carbocycles. The van der Waals surface area contributed by atoms with Crippen LogP contribution in [0.25, 0.3) is 0 Å². The van der Waals surface area contributed by atoms with Crippen molar-refractivity contribution in [3.8, 4) is 5.75 Å². The molecule has 0 radical (unpaired) electrons. The monoisotopic (exact) mass is 300 g/mol. The summed E-state index contributed by atoms with van der Waals surface area (Å²) >= 11 is 0. The number of hydrogen-bond acceptors (Lipinski definition) is 3. The maximum absolute atomic E-state index is 12.1. The van der Waals surface area contributed by atoms with Gasteiger partial charge in [0.1, 0.15) is 5.75 Å². The molecule has 1 atom stereocenters. The Kier molecular flexibility index (Phi) is 3.97. The van der Waals surface area contributed by atoms with Crippen molar-refractivity contribution in [2.45, 2.75) is 31.7 Å². The standard InChI is InChI=1S/C15H19F3N2O/c16-15(17,18)21-14-6-4-12(5-7-14)20-10-9-19-8-2-1-3-13(19)11-20/h4-7,13H,1-3,8-11H2. The van der Waals surface area contributed by atoms with Crippen molar-refractivity contribution in [2.75, 3.05) is 31.1 Å². The molecule has 0 amide bonds. The van der Waals surface area contributed by atoms with Gasteiger partial charge in [-0.05, 0) is 43.7 Å². The van der Waals surface area contributed by atoms with E-state index in [1.807, 2.05) is 0 Å². The highest BCUT2D eigenvalue weighted by molar-refractivity contribution is 5.49. The quantitative estimate of drug-likeness (QED) is 0.834. The predicted molar refractivity (Wildman–Crippen MR) is 74.6 cm³/mol. The summed E-state index contributed by atoms with van der Waals surface area (Å²) < 4.78 is 40.3. The average Bonchev–Trinajstić information content (AvgIpc) is 2.46. The predicted octanol–water partition coefficient (Wildman–Crippen LogP) is 3.26. The zero-order valence-electron chi connectivity index (χ0n) is 11.8. The number of piperidine rings is 1. The van der Waals surface area contributed by atoms with Crippen LogP contribution in [0.4, 0.5) is 18.9 Å². The highest BCUT2D eigenvalue weighted by atomic mass is 19.4. The van der Waals surface area contributed by atoms with Crippen LogP contribution >= 0.6 is 0 Å². The molecule has 21 heavy (non-hydrogen) atoms. The summed E-state index contributed by atoms with van der Waals surface area (Å²) in [6.07, 6.45) is -0.867. The Morgan fingerprint density at radius 3 is 2.48 bits per heavy atom. The maximum atomic E-state index is 12.1. The Bertz CT molecular complexity index is 475. The second kappa shape index (κ2) is 5.75. The first-order valence-electron chi connectivity index (χ1n) is 7.36. The van der Waals surface area contributed by atoms with E-state index in [9.17, 15) is 13.2 Å². The van der Waals surface area contributed by atoms with Crippen molar-refractivity contribution in [1.29, 1.82) is 0 Å².